The molecule has 0 N–H and O–H groups in total. The maximum Gasteiger partial charge on any atom is 0.122 e. The van der Waals surface area contributed by atoms with Crippen LogP contribution in [0, 0.1) is 0 Å². The summed E-state index contributed by atoms with van der Waals surface area (Å²) >= 11 is 4.28. The largest absolute Gasteiger partial charge is 0.496 e. The van der Waals surface area contributed by atoms with Crippen molar-refractivity contribution < 1.29 is 4.74 Å². The van der Waals surface area contributed by atoms with Gasteiger partial charge in [0.15, 0.2) is 0 Å². The van der Waals surface area contributed by atoms with Gasteiger partial charge in [-0.15, -0.1) is 0 Å². The van der Waals surface area contributed by atoms with Crippen LogP contribution >= 0.6 is 23.5 Å². The maximum atomic E-state index is 5.54. The van der Waals surface area contributed by atoms with Crippen molar-refractivity contribution in [1.29, 1.82) is 0 Å². The molecule has 116 valence electrons. The minimum absolute atomic E-state index is 0.670. The van der Waals surface area contributed by atoms with Crippen LogP contribution in [0.1, 0.15) is 24.3 Å². The van der Waals surface area contributed by atoms with Gasteiger partial charge in [0.2, 0.25) is 0 Å². The molecule has 2 aliphatic heterocycles. The summed E-state index contributed by atoms with van der Waals surface area (Å²) in [6.45, 7) is 2.49. The van der Waals surface area contributed by atoms with Gasteiger partial charge in [-0.05, 0) is 43.5 Å². The van der Waals surface area contributed by atoms with Crippen LogP contribution in [0.5, 0.6) is 5.75 Å². The number of ether oxygens (including phenoxy) is 1. The number of nitrogens with zero attached hydrogens (tertiary/aromatic N) is 1. The van der Waals surface area contributed by atoms with Gasteiger partial charge in [-0.3, -0.25) is 4.90 Å². The van der Waals surface area contributed by atoms with E-state index < -0.39 is 0 Å². The van der Waals surface area contributed by atoms with Crippen LogP contribution in [0.4, 0.5) is 0 Å². The standard InChI is InChI=1S/C17H25NOS2/c1-19-17-5-3-2-4-16(17)14-6-8-18(9-7-14)15-12-20-10-11-21-13-15/h2-5,14-15H,6-13H2,1H3. The van der Waals surface area contributed by atoms with Gasteiger partial charge in [0, 0.05) is 29.1 Å². The lowest BCUT2D eigenvalue weighted by atomic mass is 9.88. The molecule has 2 aliphatic rings. The summed E-state index contributed by atoms with van der Waals surface area (Å²) in [6, 6.07) is 9.35. The Bertz CT molecular complexity index is 438. The van der Waals surface area contributed by atoms with E-state index in [0.717, 1.165) is 11.8 Å². The zero-order chi connectivity index (χ0) is 14.5. The molecular formula is C17H25NOS2. The molecule has 0 atom stereocenters. The Morgan fingerprint density at radius 1 is 1.05 bits per heavy atom. The van der Waals surface area contributed by atoms with Gasteiger partial charge in [-0.1, -0.05) is 18.2 Å². The highest BCUT2D eigenvalue weighted by Crippen LogP contribution is 2.35. The van der Waals surface area contributed by atoms with Crippen LogP contribution in [-0.2, 0) is 0 Å². The number of hydrogen-bond acceptors (Lipinski definition) is 4. The molecule has 2 nitrogen and oxygen atoms in total. The second-order valence-electron chi connectivity index (χ2n) is 5.86. The van der Waals surface area contributed by atoms with Crippen LogP contribution in [0.3, 0.4) is 0 Å². The van der Waals surface area contributed by atoms with Crippen molar-refractivity contribution >= 4 is 23.5 Å². The third-order valence-corrected chi connectivity index (χ3v) is 7.10. The van der Waals surface area contributed by atoms with Crippen molar-refractivity contribution in [1.82, 2.24) is 4.90 Å². The third-order valence-electron chi connectivity index (χ3n) is 4.62. The molecular weight excluding hydrogens is 298 g/mol. The number of likely N-dealkylation sites (tertiary alicyclic amines) is 1. The van der Waals surface area contributed by atoms with E-state index in [9.17, 15) is 0 Å². The SMILES string of the molecule is COc1ccccc1C1CCN(C2CSCCSC2)CC1. The Balaban J connectivity index is 1.59. The summed E-state index contributed by atoms with van der Waals surface area (Å²) in [7, 11) is 1.79. The van der Waals surface area contributed by atoms with Crippen LogP contribution in [0.15, 0.2) is 24.3 Å². The second kappa shape index (κ2) is 7.80. The molecule has 0 aliphatic carbocycles. The minimum atomic E-state index is 0.670. The molecule has 2 fully saturated rings. The first kappa shape index (κ1) is 15.6. The van der Waals surface area contributed by atoms with E-state index in [0.29, 0.717) is 5.92 Å². The van der Waals surface area contributed by atoms with E-state index in [4.69, 9.17) is 4.74 Å². The summed E-state index contributed by atoms with van der Waals surface area (Å²) in [4.78, 5) is 2.73. The highest BCUT2D eigenvalue weighted by Gasteiger charge is 2.27. The van der Waals surface area contributed by atoms with E-state index in [1.165, 1.54) is 54.5 Å². The van der Waals surface area contributed by atoms with Gasteiger partial charge in [0.05, 0.1) is 7.11 Å². The van der Waals surface area contributed by atoms with E-state index in [1.807, 2.05) is 0 Å². The monoisotopic (exact) mass is 323 g/mol. The minimum Gasteiger partial charge on any atom is -0.496 e. The van der Waals surface area contributed by atoms with Gasteiger partial charge in [-0.25, -0.2) is 0 Å². The lowest BCUT2D eigenvalue weighted by Gasteiger charge is -2.37. The predicted molar refractivity (Wildman–Crippen MR) is 95.0 cm³/mol. The molecule has 4 heteroatoms. The topological polar surface area (TPSA) is 12.5 Å². The Labute approximate surface area is 137 Å². The van der Waals surface area contributed by atoms with E-state index in [1.54, 1.807) is 7.11 Å². The zero-order valence-corrected chi connectivity index (χ0v) is 14.4. The third kappa shape index (κ3) is 3.91. The van der Waals surface area contributed by atoms with Crippen molar-refractivity contribution in [3.8, 4) is 5.75 Å². The predicted octanol–water partition coefficient (Wildman–Crippen LogP) is 3.72. The Morgan fingerprint density at radius 2 is 1.71 bits per heavy atom. The molecule has 0 bridgehead atoms. The quantitative estimate of drug-likeness (QED) is 0.840. The molecule has 0 radical (unpaired) electrons. The molecule has 1 aromatic carbocycles. The number of para-hydroxylation sites is 1. The highest BCUT2D eigenvalue weighted by atomic mass is 32.2. The zero-order valence-electron chi connectivity index (χ0n) is 12.8. The van der Waals surface area contributed by atoms with Crippen molar-refractivity contribution in [2.24, 2.45) is 0 Å². The van der Waals surface area contributed by atoms with Crippen LogP contribution in [-0.4, -0.2) is 54.2 Å². The molecule has 2 saturated heterocycles. The average molecular weight is 324 g/mol. The van der Waals surface area contributed by atoms with Gasteiger partial charge in [0.25, 0.3) is 0 Å². The first-order valence-corrected chi connectivity index (χ1v) is 10.2. The van der Waals surface area contributed by atoms with Gasteiger partial charge >= 0.3 is 0 Å². The molecule has 1 aromatic rings. The van der Waals surface area contributed by atoms with Crippen LogP contribution in [0.2, 0.25) is 0 Å². The van der Waals surface area contributed by atoms with Crippen molar-refractivity contribution in [2.75, 3.05) is 43.2 Å². The molecule has 21 heavy (non-hydrogen) atoms. The summed E-state index contributed by atoms with van der Waals surface area (Å²) < 4.78 is 5.54. The highest BCUT2D eigenvalue weighted by molar-refractivity contribution is 8.03. The first-order valence-electron chi connectivity index (χ1n) is 7.91. The van der Waals surface area contributed by atoms with E-state index >= 15 is 0 Å². The van der Waals surface area contributed by atoms with Gasteiger partial charge in [0.1, 0.15) is 5.75 Å². The average Bonchev–Trinajstić information content (AvgIpc) is 2.84. The summed E-state index contributed by atoms with van der Waals surface area (Å²) in [6.07, 6.45) is 2.54. The summed E-state index contributed by atoms with van der Waals surface area (Å²) in [5.74, 6) is 7.05. The smallest absolute Gasteiger partial charge is 0.122 e. The van der Waals surface area contributed by atoms with Crippen molar-refractivity contribution in [3.05, 3.63) is 29.8 Å². The Morgan fingerprint density at radius 3 is 2.38 bits per heavy atom. The lowest BCUT2D eigenvalue weighted by Crippen LogP contribution is -2.43. The second-order valence-corrected chi connectivity index (χ2v) is 8.16. The fourth-order valence-electron chi connectivity index (χ4n) is 3.39. The molecule has 0 saturated carbocycles. The molecule has 0 aromatic heterocycles. The first-order chi connectivity index (χ1) is 10.4. The van der Waals surface area contributed by atoms with E-state index in [2.05, 4.69) is 52.7 Å². The Kier molecular flexibility index (Phi) is 5.78. The normalized spacial score (nSPS) is 22.9. The number of rotatable bonds is 3. The van der Waals surface area contributed by atoms with Crippen LogP contribution in [0.25, 0.3) is 0 Å². The maximum absolute atomic E-state index is 5.54. The van der Waals surface area contributed by atoms with E-state index in [-0.39, 0.29) is 0 Å². The molecule has 3 rings (SSSR count). The molecule has 0 amide bonds. The lowest BCUT2D eigenvalue weighted by molar-refractivity contribution is 0.176. The number of methoxy groups -OCH3 is 1. The number of piperidine rings is 1. The number of benzene rings is 1. The molecule has 2 heterocycles. The van der Waals surface area contributed by atoms with Gasteiger partial charge in [-0.2, -0.15) is 23.5 Å². The molecule has 0 spiro atoms. The van der Waals surface area contributed by atoms with Crippen molar-refractivity contribution in [3.63, 3.8) is 0 Å². The van der Waals surface area contributed by atoms with Crippen LogP contribution < -0.4 is 4.74 Å². The summed E-state index contributed by atoms with van der Waals surface area (Å²) in [5.41, 5.74) is 1.41. The fourth-order valence-corrected chi connectivity index (χ4v) is 6.02. The molecule has 0 unspecified atom stereocenters. The fraction of sp³-hybridized carbons (Fsp3) is 0.647. The van der Waals surface area contributed by atoms with Crippen molar-refractivity contribution in [2.45, 2.75) is 24.8 Å². The number of hydrogen-bond donors (Lipinski definition) is 0. The summed E-state index contributed by atoms with van der Waals surface area (Å²) in [5, 5.41) is 0. The van der Waals surface area contributed by atoms with Gasteiger partial charge < -0.3 is 4.74 Å². The number of thioether (sulfide) groups is 2. The Hall–Kier alpha value is -0.320.